The van der Waals surface area contributed by atoms with E-state index in [1.807, 2.05) is 18.2 Å². The third kappa shape index (κ3) is 4.69. The van der Waals surface area contributed by atoms with E-state index in [2.05, 4.69) is 22.1 Å². The van der Waals surface area contributed by atoms with Crippen LogP contribution in [0.15, 0.2) is 41.1 Å². The van der Waals surface area contributed by atoms with Crippen LogP contribution in [0.5, 0.6) is 5.75 Å². The summed E-state index contributed by atoms with van der Waals surface area (Å²) in [6.07, 6.45) is 3.76. The molecule has 0 bridgehead atoms. The van der Waals surface area contributed by atoms with Crippen molar-refractivity contribution in [3.05, 3.63) is 42.0 Å². The molecule has 8 heteroatoms. The van der Waals surface area contributed by atoms with Crippen molar-refractivity contribution < 1.29 is 19.4 Å². The number of carbonyl (C=O) groups is 2. The topological polar surface area (TPSA) is 100 Å². The number of nitrogens with one attached hydrogen (secondary N) is 1. The normalized spacial score (nSPS) is 18.8. The summed E-state index contributed by atoms with van der Waals surface area (Å²) in [5.74, 6) is -0.622. The Kier molecular flexibility index (Phi) is 6.14. The summed E-state index contributed by atoms with van der Waals surface area (Å²) in [4.78, 5) is 22.3. The van der Waals surface area contributed by atoms with Gasteiger partial charge in [-0.3, -0.25) is 9.59 Å². The Bertz CT molecular complexity index is 715. The standard InChI is InChI=1S/C16H17N3O4S/c1-3-4-11-7-10(5-6-12(11)23-2)9-17-19-16-18-15(22)13(24-16)8-14(20)21/h3,5-7,9,13H,1,4,8H2,2H3,(H,20,21)(H,18,19,22). The second-order valence-corrected chi connectivity index (χ2v) is 6.10. The van der Waals surface area contributed by atoms with Crippen molar-refractivity contribution in [1.82, 2.24) is 5.32 Å². The van der Waals surface area contributed by atoms with Gasteiger partial charge in [0, 0.05) is 0 Å². The highest BCUT2D eigenvalue weighted by atomic mass is 32.2. The molecule has 1 aliphatic rings. The van der Waals surface area contributed by atoms with Gasteiger partial charge in [0.15, 0.2) is 5.17 Å². The number of ether oxygens (including phenoxy) is 1. The zero-order valence-electron chi connectivity index (χ0n) is 13.1. The van der Waals surface area contributed by atoms with Crippen molar-refractivity contribution in [2.75, 3.05) is 7.11 Å². The summed E-state index contributed by atoms with van der Waals surface area (Å²) in [6.45, 7) is 3.71. The van der Waals surface area contributed by atoms with Gasteiger partial charge in [0.25, 0.3) is 0 Å². The van der Waals surface area contributed by atoms with Crippen LogP contribution in [0.3, 0.4) is 0 Å². The predicted octanol–water partition coefficient (Wildman–Crippen LogP) is 1.82. The number of aliphatic carboxylic acids is 1. The van der Waals surface area contributed by atoms with E-state index in [9.17, 15) is 9.59 Å². The Morgan fingerprint density at radius 3 is 3.00 bits per heavy atom. The molecule has 1 aliphatic heterocycles. The number of allylic oxidation sites excluding steroid dienone is 1. The minimum absolute atomic E-state index is 0.247. The first kappa shape index (κ1) is 17.7. The molecule has 126 valence electrons. The van der Waals surface area contributed by atoms with Gasteiger partial charge in [-0.05, 0) is 35.7 Å². The number of carboxylic acid groups (broad SMARTS) is 1. The fourth-order valence-electron chi connectivity index (χ4n) is 2.09. The Hall–Kier alpha value is -2.61. The summed E-state index contributed by atoms with van der Waals surface area (Å²) < 4.78 is 5.28. The first-order chi connectivity index (χ1) is 11.5. The zero-order chi connectivity index (χ0) is 17.5. The van der Waals surface area contributed by atoms with Gasteiger partial charge in [-0.1, -0.05) is 17.8 Å². The predicted molar refractivity (Wildman–Crippen MR) is 93.7 cm³/mol. The molecule has 1 amide bonds. The van der Waals surface area contributed by atoms with Gasteiger partial charge in [-0.2, -0.15) is 5.10 Å². The Morgan fingerprint density at radius 1 is 1.54 bits per heavy atom. The van der Waals surface area contributed by atoms with Gasteiger partial charge in [0.2, 0.25) is 5.91 Å². The minimum atomic E-state index is -1.03. The highest BCUT2D eigenvalue weighted by molar-refractivity contribution is 8.15. The molecule has 1 unspecified atom stereocenters. The van der Waals surface area contributed by atoms with Crippen LogP contribution in [0.2, 0.25) is 0 Å². The van der Waals surface area contributed by atoms with E-state index in [1.54, 1.807) is 19.4 Å². The van der Waals surface area contributed by atoms with Gasteiger partial charge in [0.05, 0.1) is 19.7 Å². The molecule has 2 N–H and O–H groups in total. The maximum Gasteiger partial charge on any atom is 0.305 e. The highest BCUT2D eigenvalue weighted by Gasteiger charge is 2.32. The molecule has 24 heavy (non-hydrogen) atoms. The van der Waals surface area contributed by atoms with Crippen LogP contribution in [0.25, 0.3) is 0 Å². The number of amidine groups is 1. The van der Waals surface area contributed by atoms with Crippen molar-refractivity contribution in [2.45, 2.75) is 18.1 Å². The Morgan fingerprint density at radius 2 is 2.33 bits per heavy atom. The van der Waals surface area contributed by atoms with Crippen molar-refractivity contribution in [2.24, 2.45) is 10.2 Å². The highest BCUT2D eigenvalue weighted by Crippen LogP contribution is 2.22. The molecule has 1 aromatic rings. The van der Waals surface area contributed by atoms with Crippen molar-refractivity contribution >= 4 is 35.0 Å². The third-order valence-corrected chi connectivity index (χ3v) is 4.23. The maximum atomic E-state index is 11.6. The fraction of sp³-hybridized carbons (Fsp3) is 0.250. The summed E-state index contributed by atoms with van der Waals surface area (Å²) in [5.41, 5.74) is 1.81. The van der Waals surface area contributed by atoms with E-state index < -0.39 is 11.2 Å². The molecule has 0 radical (unpaired) electrons. The summed E-state index contributed by atoms with van der Waals surface area (Å²) >= 11 is 1.06. The summed E-state index contributed by atoms with van der Waals surface area (Å²) in [7, 11) is 1.61. The Balaban J connectivity index is 2.06. The lowest BCUT2D eigenvalue weighted by Gasteiger charge is -2.06. The lowest BCUT2D eigenvalue weighted by Crippen LogP contribution is -2.26. The van der Waals surface area contributed by atoms with Gasteiger partial charge >= 0.3 is 5.97 Å². The number of hydrogen-bond acceptors (Lipinski definition) is 6. The SMILES string of the molecule is C=CCc1cc(C=NN=C2NC(=O)C(CC(=O)O)S2)ccc1OC. The molecule has 1 fully saturated rings. The van der Waals surface area contributed by atoms with Crippen LogP contribution >= 0.6 is 11.8 Å². The molecule has 1 heterocycles. The number of rotatable bonds is 7. The van der Waals surface area contributed by atoms with Crippen LogP contribution in [0.4, 0.5) is 0 Å². The van der Waals surface area contributed by atoms with Crippen molar-refractivity contribution in [3.63, 3.8) is 0 Å². The molecular formula is C16H17N3O4S. The van der Waals surface area contributed by atoms with Gasteiger partial charge in [-0.25, -0.2) is 0 Å². The number of nitrogens with zero attached hydrogens (tertiary/aromatic N) is 2. The van der Waals surface area contributed by atoms with Crippen LogP contribution in [-0.2, 0) is 16.0 Å². The van der Waals surface area contributed by atoms with Crippen LogP contribution < -0.4 is 10.1 Å². The van der Waals surface area contributed by atoms with Gasteiger partial charge in [-0.15, -0.1) is 11.7 Å². The third-order valence-electron chi connectivity index (χ3n) is 3.16. The minimum Gasteiger partial charge on any atom is -0.496 e. The van der Waals surface area contributed by atoms with E-state index in [-0.39, 0.29) is 12.3 Å². The quantitative estimate of drug-likeness (QED) is 0.445. The van der Waals surface area contributed by atoms with Gasteiger partial charge < -0.3 is 15.2 Å². The summed E-state index contributed by atoms with van der Waals surface area (Å²) in [6, 6.07) is 5.59. The maximum absolute atomic E-state index is 11.6. The number of hydrogen-bond donors (Lipinski definition) is 2. The molecule has 0 saturated carbocycles. The second-order valence-electron chi connectivity index (χ2n) is 4.91. The monoisotopic (exact) mass is 347 g/mol. The van der Waals surface area contributed by atoms with E-state index in [0.29, 0.717) is 11.6 Å². The molecule has 1 atom stereocenters. The summed E-state index contributed by atoms with van der Waals surface area (Å²) in [5, 5.41) is 18.7. The molecule has 2 rings (SSSR count). The first-order valence-electron chi connectivity index (χ1n) is 7.11. The average molecular weight is 347 g/mol. The van der Waals surface area contributed by atoms with Gasteiger partial charge in [0.1, 0.15) is 11.0 Å². The average Bonchev–Trinajstić information content (AvgIpc) is 2.87. The number of carboxylic acids is 1. The van der Waals surface area contributed by atoms with E-state index in [0.717, 1.165) is 28.6 Å². The molecule has 7 nitrogen and oxygen atoms in total. The number of thioether (sulfide) groups is 1. The van der Waals surface area contributed by atoms with Crippen LogP contribution in [-0.4, -0.2) is 40.7 Å². The van der Waals surface area contributed by atoms with E-state index in [4.69, 9.17) is 9.84 Å². The molecule has 0 aliphatic carbocycles. The number of amides is 1. The van der Waals surface area contributed by atoms with Crippen LogP contribution in [0.1, 0.15) is 17.5 Å². The molecule has 1 saturated heterocycles. The largest absolute Gasteiger partial charge is 0.496 e. The zero-order valence-corrected chi connectivity index (χ0v) is 13.9. The molecule has 1 aromatic carbocycles. The molecule has 0 spiro atoms. The lowest BCUT2D eigenvalue weighted by molar-refractivity contribution is -0.138. The molecular weight excluding hydrogens is 330 g/mol. The number of benzene rings is 1. The first-order valence-corrected chi connectivity index (χ1v) is 7.99. The second kappa shape index (κ2) is 8.30. The van der Waals surface area contributed by atoms with E-state index in [1.165, 1.54) is 0 Å². The Labute approximate surface area is 143 Å². The van der Waals surface area contributed by atoms with E-state index >= 15 is 0 Å². The number of carbonyl (C=O) groups excluding carboxylic acids is 1. The number of methoxy groups -OCH3 is 1. The smallest absolute Gasteiger partial charge is 0.305 e. The molecule has 0 aromatic heterocycles. The van der Waals surface area contributed by atoms with Crippen molar-refractivity contribution in [1.29, 1.82) is 0 Å². The lowest BCUT2D eigenvalue weighted by atomic mass is 10.1. The van der Waals surface area contributed by atoms with Crippen LogP contribution in [0, 0.1) is 0 Å². The van der Waals surface area contributed by atoms with Crippen molar-refractivity contribution in [3.8, 4) is 5.75 Å². The fourth-order valence-corrected chi connectivity index (χ4v) is 3.00.